The van der Waals surface area contributed by atoms with Gasteiger partial charge in [-0.15, -0.1) is 11.3 Å². The summed E-state index contributed by atoms with van der Waals surface area (Å²) in [6.45, 7) is 5.23. The normalized spacial score (nSPS) is 17.6. The maximum Gasteiger partial charge on any atom is 0.0274 e. The van der Waals surface area contributed by atoms with Crippen LogP contribution in [-0.4, -0.2) is 18.5 Å². The lowest BCUT2D eigenvalue weighted by molar-refractivity contribution is 0.228. The molecule has 1 fully saturated rings. The highest BCUT2D eigenvalue weighted by atomic mass is 32.1. The van der Waals surface area contributed by atoms with E-state index in [9.17, 15) is 0 Å². The molecule has 3 heteroatoms. The molecule has 0 amide bonds. The Kier molecular flexibility index (Phi) is 5.22. The SMILES string of the molecule is Cc1sc(CN)cc1CN(C)CC1CCCCC1. The van der Waals surface area contributed by atoms with Crippen LogP contribution in [0.15, 0.2) is 6.07 Å². The lowest BCUT2D eigenvalue weighted by atomic mass is 9.89. The summed E-state index contributed by atoms with van der Waals surface area (Å²) in [4.78, 5) is 5.24. The minimum atomic E-state index is 0.678. The van der Waals surface area contributed by atoms with Gasteiger partial charge in [0.25, 0.3) is 0 Å². The second kappa shape index (κ2) is 6.69. The monoisotopic (exact) mass is 266 g/mol. The predicted octanol–water partition coefficient (Wildman–Crippen LogP) is 3.53. The van der Waals surface area contributed by atoms with Crippen LogP contribution in [0.5, 0.6) is 0 Å². The van der Waals surface area contributed by atoms with Crippen molar-refractivity contribution in [2.75, 3.05) is 13.6 Å². The van der Waals surface area contributed by atoms with E-state index in [0.717, 1.165) is 12.5 Å². The van der Waals surface area contributed by atoms with Crippen LogP contribution >= 0.6 is 11.3 Å². The summed E-state index contributed by atoms with van der Waals surface area (Å²) in [6.07, 6.45) is 7.19. The van der Waals surface area contributed by atoms with Crippen LogP contribution in [0.2, 0.25) is 0 Å². The number of rotatable bonds is 5. The van der Waals surface area contributed by atoms with E-state index in [2.05, 4.69) is 24.9 Å². The molecule has 2 nitrogen and oxygen atoms in total. The van der Waals surface area contributed by atoms with Crippen molar-refractivity contribution in [3.63, 3.8) is 0 Å². The molecule has 1 aliphatic carbocycles. The van der Waals surface area contributed by atoms with Gasteiger partial charge >= 0.3 is 0 Å². The first-order valence-corrected chi connectivity index (χ1v) is 7.97. The maximum absolute atomic E-state index is 5.71. The van der Waals surface area contributed by atoms with Gasteiger partial charge in [-0.25, -0.2) is 0 Å². The third-order valence-corrected chi connectivity index (χ3v) is 5.12. The van der Waals surface area contributed by atoms with Crippen molar-refractivity contribution < 1.29 is 0 Å². The zero-order valence-electron chi connectivity index (χ0n) is 11.7. The molecular weight excluding hydrogens is 240 g/mol. The number of aryl methyl sites for hydroxylation is 1. The topological polar surface area (TPSA) is 29.3 Å². The molecule has 18 heavy (non-hydrogen) atoms. The van der Waals surface area contributed by atoms with Gasteiger partial charge in [-0.2, -0.15) is 0 Å². The second-order valence-electron chi connectivity index (χ2n) is 5.70. The molecule has 1 aliphatic rings. The first kappa shape index (κ1) is 14.0. The second-order valence-corrected chi connectivity index (χ2v) is 7.04. The van der Waals surface area contributed by atoms with Crippen LogP contribution in [0.1, 0.15) is 47.4 Å². The average molecular weight is 266 g/mol. The summed E-state index contributed by atoms with van der Waals surface area (Å²) < 4.78 is 0. The van der Waals surface area contributed by atoms with Gasteiger partial charge in [-0.3, -0.25) is 0 Å². The van der Waals surface area contributed by atoms with Gasteiger partial charge in [0, 0.05) is 29.4 Å². The highest BCUT2D eigenvalue weighted by Crippen LogP contribution is 2.26. The minimum absolute atomic E-state index is 0.678. The van der Waals surface area contributed by atoms with Gasteiger partial charge in [0.15, 0.2) is 0 Å². The maximum atomic E-state index is 5.71. The van der Waals surface area contributed by atoms with E-state index in [1.807, 2.05) is 11.3 Å². The number of hydrogen-bond donors (Lipinski definition) is 1. The fraction of sp³-hybridized carbons (Fsp3) is 0.733. The van der Waals surface area contributed by atoms with Crippen LogP contribution in [0.25, 0.3) is 0 Å². The molecule has 0 unspecified atom stereocenters. The van der Waals surface area contributed by atoms with Gasteiger partial charge < -0.3 is 10.6 Å². The summed E-state index contributed by atoms with van der Waals surface area (Å²) in [5.41, 5.74) is 7.18. The molecule has 0 spiro atoms. The third kappa shape index (κ3) is 3.81. The zero-order chi connectivity index (χ0) is 13.0. The van der Waals surface area contributed by atoms with E-state index in [4.69, 9.17) is 5.73 Å². The first-order valence-electron chi connectivity index (χ1n) is 7.16. The lowest BCUT2D eigenvalue weighted by Gasteiger charge is -2.27. The van der Waals surface area contributed by atoms with E-state index >= 15 is 0 Å². The van der Waals surface area contributed by atoms with Gasteiger partial charge in [-0.1, -0.05) is 19.3 Å². The molecule has 0 bridgehead atoms. The molecular formula is C15H26N2S. The van der Waals surface area contributed by atoms with Crippen LogP contribution < -0.4 is 5.73 Å². The summed E-state index contributed by atoms with van der Waals surface area (Å²) in [5.74, 6) is 0.927. The standard InChI is InChI=1S/C15H26N2S/c1-12-14(8-15(9-16)18-12)11-17(2)10-13-6-4-3-5-7-13/h8,13H,3-7,9-11,16H2,1-2H3. The van der Waals surface area contributed by atoms with Crippen molar-refractivity contribution in [3.8, 4) is 0 Å². The molecule has 0 aliphatic heterocycles. The zero-order valence-corrected chi connectivity index (χ0v) is 12.6. The number of nitrogens with two attached hydrogens (primary N) is 1. The number of hydrogen-bond acceptors (Lipinski definition) is 3. The quantitative estimate of drug-likeness (QED) is 0.883. The number of thiophene rings is 1. The summed E-state index contributed by atoms with van der Waals surface area (Å²) in [5, 5.41) is 0. The van der Waals surface area contributed by atoms with E-state index < -0.39 is 0 Å². The van der Waals surface area contributed by atoms with Gasteiger partial charge in [0.05, 0.1) is 0 Å². The Morgan fingerprint density at radius 3 is 2.67 bits per heavy atom. The molecule has 0 radical (unpaired) electrons. The van der Waals surface area contributed by atoms with Crippen molar-refractivity contribution >= 4 is 11.3 Å². The molecule has 0 saturated heterocycles. The van der Waals surface area contributed by atoms with Crippen molar-refractivity contribution in [3.05, 3.63) is 21.4 Å². The molecule has 0 aromatic carbocycles. The summed E-state index contributed by atoms with van der Waals surface area (Å²) in [6, 6.07) is 2.29. The molecule has 1 aromatic rings. The Balaban J connectivity index is 1.85. The third-order valence-electron chi connectivity index (χ3n) is 4.01. The molecule has 2 rings (SSSR count). The number of nitrogens with zero attached hydrogens (tertiary/aromatic N) is 1. The molecule has 1 aromatic heterocycles. The molecule has 1 saturated carbocycles. The molecule has 102 valence electrons. The van der Waals surface area contributed by atoms with Crippen molar-refractivity contribution in [2.45, 2.75) is 52.1 Å². The lowest BCUT2D eigenvalue weighted by Crippen LogP contribution is -2.26. The van der Waals surface area contributed by atoms with E-state index in [1.54, 1.807) is 0 Å². The van der Waals surface area contributed by atoms with E-state index in [1.165, 1.54) is 54.0 Å². The summed E-state index contributed by atoms with van der Waals surface area (Å²) >= 11 is 1.85. The van der Waals surface area contributed by atoms with E-state index in [0.29, 0.717) is 6.54 Å². The van der Waals surface area contributed by atoms with Crippen molar-refractivity contribution in [1.82, 2.24) is 4.90 Å². The van der Waals surface area contributed by atoms with Crippen LogP contribution in [0.3, 0.4) is 0 Å². The summed E-state index contributed by atoms with van der Waals surface area (Å²) in [7, 11) is 2.26. The Labute approximate surface area is 115 Å². The Bertz CT molecular complexity index is 367. The van der Waals surface area contributed by atoms with Crippen molar-refractivity contribution in [1.29, 1.82) is 0 Å². The fourth-order valence-electron chi connectivity index (χ4n) is 3.01. The Morgan fingerprint density at radius 2 is 2.06 bits per heavy atom. The smallest absolute Gasteiger partial charge is 0.0274 e. The molecule has 1 heterocycles. The van der Waals surface area contributed by atoms with E-state index in [-0.39, 0.29) is 0 Å². The Hall–Kier alpha value is -0.380. The first-order chi connectivity index (χ1) is 8.69. The van der Waals surface area contributed by atoms with Gasteiger partial charge in [-0.05, 0) is 44.4 Å². The Morgan fingerprint density at radius 1 is 1.33 bits per heavy atom. The molecule has 0 atom stereocenters. The van der Waals surface area contributed by atoms with Crippen molar-refractivity contribution in [2.24, 2.45) is 11.7 Å². The molecule has 2 N–H and O–H groups in total. The minimum Gasteiger partial charge on any atom is -0.326 e. The highest BCUT2D eigenvalue weighted by molar-refractivity contribution is 7.12. The highest BCUT2D eigenvalue weighted by Gasteiger charge is 2.16. The van der Waals surface area contributed by atoms with Gasteiger partial charge in [0.1, 0.15) is 0 Å². The average Bonchev–Trinajstić information content (AvgIpc) is 2.71. The van der Waals surface area contributed by atoms with Crippen LogP contribution in [0, 0.1) is 12.8 Å². The predicted molar refractivity (Wildman–Crippen MR) is 79.9 cm³/mol. The van der Waals surface area contributed by atoms with Gasteiger partial charge in [0.2, 0.25) is 0 Å². The fourth-order valence-corrected chi connectivity index (χ4v) is 3.94. The largest absolute Gasteiger partial charge is 0.326 e. The van der Waals surface area contributed by atoms with Crippen LogP contribution in [-0.2, 0) is 13.1 Å². The van der Waals surface area contributed by atoms with Crippen LogP contribution in [0.4, 0.5) is 0 Å².